The Morgan fingerprint density at radius 1 is 1.33 bits per heavy atom. The summed E-state index contributed by atoms with van der Waals surface area (Å²) in [5.41, 5.74) is 4.55. The zero-order valence-corrected chi connectivity index (χ0v) is 10.3. The van der Waals surface area contributed by atoms with E-state index in [9.17, 15) is 4.79 Å². The minimum atomic E-state index is -0.879. The first-order chi connectivity index (χ1) is 8.58. The fourth-order valence-electron chi connectivity index (χ4n) is 1.97. The molecule has 0 saturated carbocycles. The van der Waals surface area contributed by atoms with Gasteiger partial charge in [-0.05, 0) is 19.4 Å². The van der Waals surface area contributed by atoms with Crippen LogP contribution in [0.4, 0.5) is 0 Å². The lowest BCUT2D eigenvalue weighted by molar-refractivity contribution is -0.136. The third-order valence-electron chi connectivity index (χ3n) is 2.77. The van der Waals surface area contributed by atoms with Gasteiger partial charge in [0.2, 0.25) is 0 Å². The number of benzene rings is 1. The van der Waals surface area contributed by atoms with Crippen LogP contribution >= 0.6 is 0 Å². The molecule has 4 nitrogen and oxygen atoms in total. The van der Waals surface area contributed by atoms with Gasteiger partial charge in [0, 0.05) is 17.3 Å². The van der Waals surface area contributed by atoms with Crippen LogP contribution in [0.2, 0.25) is 0 Å². The molecule has 1 heterocycles. The molecule has 1 aromatic heterocycles. The maximum absolute atomic E-state index is 10.8. The van der Waals surface area contributed by atoms with Gasteiger partial charge in [0.25, 0.3) is 0 Å². The number of hydrogen-bond donors (Lipinski definition) is 1. The van der Waals surface area contributed by atoms with Crippen molar-refractivity contribution >= 4 is 5.97 Å². The molecule has 92 valence electrons. The van der Waals surface area contributed by atoms with E-state index in [2.05, 4.69) is 16.0 Å². The number of carboxylic acid groups (broad SMARTS) is 1. The average molecular weight is 242 g/mol. The Morgan fingerprint density at radius 2 is 2.11 bits per heavy atom. The summed E-state index contributed by atoms with van der Waals surface area (Å²) in [5, 5.41) is 8.90. The molecule has 0 saturated heterocycles. The van der Waals surface area contributed by atoms with Crippen molar-refractivity contribution in [3.05, 3.63) is 47.4 Å². The molecule has 0 radical (unpaired) electrons. The van der Waals surface area contributed by atoms with E-state index in [1.807, 2.05) is 26.0 Å². The maximum atomic E-state index is 10.8. The monoisotopic (exact) mass is 242 g/mol. The SMILES string of the molecule is Cc1ccc(-c2ncncc2CC(=O)O)c(C)c1. The van der Waals surface area contributed by atoms with Crippen LogP contribution in [0.1, 0.15) is 16.7 Å². The summed E-state index contributed by atoms with van der Waals surface area (Å²) < 4.78 is 0. The predicted octanol–water partition coefficient (Wildman–Crippen LogP) is 2.39. The van der Waals surface area contributed by atoms with E-state index < -0.39 is 5.97 Å². The lowest BCUT2D eigenvalue weighted by Gasteiger charge is -2.09. The standard InChI is InChI=1S/C14H14N2O2/c1-9-3-4-12(10(2)5-9)14-11(6-13(17)18)7-15-8-16-14/h3-5,7-8H,6H2,1-2H3,(H,17,18). The summed E-state index contributed by atoms with van der Waals surface area (Å²) >= 11 is 0. The number of rotatable bonds is 3. The van der Waals surface area contributed by atoms with Crippen LogP contribution in [0.3, 0.4) is 0 Å². The number of nitrogens with zero attached hydrogens (tertiary/aromatic N) is 2. The lowest BCUT2D eigenvalue weighted by Crippen LogP contribution is -2.04. The molecule has 4 heteroatoms. The van der Waals surface area contributed by atoms with Crippen LogP contribution in [0.15, 0.2) is 30.7 Å². The van der Waals surface area contributed by atoms with Crippen LogP contribution in [0.5, 0.6) is 0 Å². The van der Waals surface area contributed by atoms with Gasteiger partial charge in [-0.15, -0.1) is 0 Å². The summed E-state index contributed by atoms with van der Waals surface area (Å²) in [6.07, 6.45) is 2.94. The van der Waals surface area contributed by atoms with Crippen LogP contribution < -0.4 is 0 Å². The zero-order chi connectivity index (χ0) is 13.1. The van der Waals surface area contributed by atoms with Crippen molar-refractivity contribution < 1.29 is 9.90 Å². The van der Waals surface area contributed by atoms with Crippen molar-refractivity contribution in [2.75, 3.05) is 0 Å². The number of hydrogen-bond acceptors (Lipinski definition) is 3. The van der Waals surface area contributed by atoms with Crippen molar-refractivity contribution in [1.29, 1.82) is 0 Å². The Labute approximate surface area is 105 Å². The van der Waals surface area contributed by atoms with Gasteiger partial charge in [-0.1, -0.05) is 23.8 Å². The number of aromatic nitrogens is 2. The second-order valence-electron chi connectivity index (χ2n) is 4.29. The second kappa shape index (κ2) is 4.96. The lowest BCUT2D eigenvalue weighted by atomic mass is 9.99. The largest absolute Gasteiger partial charge is 0.481 e. The minimum Gasteiger partial charge on any atom is -0.481 e. The number of carboxylic acids is 1. The third kappa shape index (κ3) is 2.53. The Kier molecular flexibility index (Phi) is 3.37. The first-order valence-electron chi connectivity index (χ1n) is 5.66. The zero-order valence-electron chi connectivity index (χ0n) is 10.3. The van der Waals surface area contributed by atoms with Crippen LogP contribution in [0, 0.1) is 13.8 Å². The van der Waals surface area contributed by atoms with E-state index in [1.165, 1.54) is 11.9 Å². The summed E-state index contributed by atoms with van der Waals surface area (Å²) in [6.45, 7) is 4.02. The molecule has 0 spiro atoms. The minimum absolute atomic E-state index is 0.0660. The van der Waals surface area contributed by atoms with Gasteiger partial charge in [-0.3, -0.25) is 4.79 Å². The summed E-state index contributed by atoms with van der Waals surface area (Å²) in [7, 11) is 0. The first-order valence-corrected chi connectivity index (χ1v) is 5.66. The van der Waals surface area contributed by atoms with Crippen molar-refractivity contribution in [3.63, 3.8) is 0 Å². The highest BCUT2D eigenvalue weighted by atomic mass is 16.4. The summed E-state index contributed by atoms with van der Waals surface area (Å²) in [6, 6.07) is 6.02. The highest BCUT2D eigenvalue weighted by molar-refractivity contribution is 5.75. The van der Waals surface area contributed by atoms with Gasteiger partial charge in [-0.25, -0.2) is 9.97 Å². The molecular weight excluding hydrogens is 228 g/mol. The Bertz CT molecular complexity index is 594. The Hall–Kier alpha value is -2.23. The van der Waals surface area contributed by atoms with E-state index in [4.69, 9.17) is 5.11 Å². The van der Waals surface area contributed by atoms with Crippen LogP contribution in [0.25, 0.3) is 11.3 Å². The quantitative estimate of drug-likeness (QED) is 0.897. The molecule has 1 N–H and O–H groups in total. The van der Waals surface area contributed by atoms with Gasteiger partial charge in [0.15, 0.2) is 0 Å². The molecular formula is C14H14N2O2. The molecule has 0 bridgehead atoms. The van der Waals surface area contributed by atoms with Gasteiger partial charge in [0.05, 0.1) is 12.1 Å². The predicted molar refractivity (Wildman–Crippen MR) is 68.3 cm³/mol. The van der Waals surface area contributed by atoms with Crippen molar-refractivity contribution in [2.45, 2.75) is 20.3 Å². The molecule has 2 rings (SSSR count). The summed E-state index contributed by atoms with van der Waals surface area (Å²) in [4.78, 5) is 19.0. The smallest absolute Gasteiger partial charge is 0.307 e. The fraction of sp³-hybridized carbons (Fsp3) is 0.214. The number of aliphatic carboxylic acids is 1. The van der Waals surface area contributed by atoms with E-state index in [-0.39, 0.29) is 6.42 Å². The highest BCUT2D eigenvalue weighted by Crippen LogP contribution is 2.25. The van der Waals surface area contributed by atoms with Gasteiger partial charge in [0.1, 0.15) is 6.33 Å². The Morgan fingerprint density at radius 3 is 2.78 bits per heavy atom. The summed E-state index contributed by atoms with van der Waals surface area (Å²) in [5.74, 6) is -0.879. The highest BCUT2D eigenvalue weighted by Gasteiger charge is 2.12. The molecule has 0 amide bonds. The maximum Gasteiger partial charge on any atom is 0.307 e. The molecule has 0 atom stereocenters. The molecule has 0 aliphatic heterocycles. The number of carbonyl (C=O) groups is 1. The fourth-order valence-corrected chi connectivity index (χ4v) is 1.97. The van der Waals surface area contributed by atoms with Crippen molar-refractivity contribution in [1.82, 2.24) is 9.97 Å². The van der Waals surface area contributed by atoms with Gasteiger partial charge in [-0.2, -0.15) is 0 Å². The van der Waals surface area contributed by atoms with E-state index >= 15 is 0 Å². The van der Waals surface area contributed by atoms with Crippen LogP contribution in [-0.4, -0.2) is 21.0 Å². The molecule has 2 aromatic rings. The number of aryl methyl sites for hydroxylation is 2. The average Bonchev–Trinajstić information content (AvgIpc) is 2.30. The van der Waals surface area contributed by atoms with E-state index in [0.717, 1.165) is 11.1 Å². The van der Waals surface area contributed by atoms with E-state index in [1.54, 1.807) is 6.20 Å². The molecule has 18 heavy (non-hydrogen) atoms. The van der Waals surface area contributed by atoms with Crippen molar-refractivity contribution in [3.8, 4) is 11.3 Å². The van der Waals surface area contributed by atoms with Crippen LogP contribution in [-0.2, 0) is 11.2 Å². The Balaban J connectivity index is 2.53. The van der Waals surface area contributed by atoms with Gasteiger partial charge >= 0.3 is 5.97 Å². The molecule has 0 unspecified atom stereocenters. The molecule has 0 fully saturated rings. The molecule has 0 aliphatic rings. The molecule has 0 aliphatic carbocycles. The van der Waals surface area contributed by atoms with Gasteiger partial charge < -0.3 is 5.11 Å². The normalized spacial score (nSPS) is 10.3. The first kappa shape index (κ1) is 12.2. The van der Waals surface area contributed by atoms with E-state index in [0.29, 0.717) is 11.3 Å². The van der Waals surface area contributed by atoms with Crippen molar-refractivity contribution in [2.24, 2.45) is 0 Å². The topological polar surface area (TPSA) is 63.1 Å². The third-order valence-corrected chi connectivity index (χ3v) is 2.77. The molecule has 1 aromatic carbocycles. The second-order valence-corrected chi connectivity index (χ2v) is 4.29.